The van der Waals surface area contributed by atoms with E-state index in [0.29, 0.717) is 17.4 Å². The number of rotatable bonds is 4. The van der Waals surface area contributed by atoms with E-state index in [9.17, 15) is 0 Å². The van der Waals surface area contributed by atoms with E-state index in [1.54, 1.807) is 18.1 Å². The van der Waals surface area contributed by atoms with Gasteiger partial charge >= 0.3 is 0 Å². The maximum absolute atomic E-state index is 6.25. The standard InChI is InChI=1S/C19H18ClN3O2S/c1-12-3-4-17(13(2)5-12)23-10-21-22-19(23)26-9-15-7-16(20)6-14-8-24-11-25-18(14)15/h3-7,10H,8-9,11H2,1-2H3. The predicted molar refractivity (Wildman–Crippen MR) is 102 cm³/mol. The zero-order chi connectivity index (χ0) is 18.1. The van der Waals surface area contributed by atoms with Crippen molar-refractivity contribution >= 4 is 23.4 Å². The third-order valence-corrected chi connectivity index (χ3v) is 5.45. The summed E-state index contributed by atoms with van der Waals surface area (Å²) in [4.78, 5) is 0. The fourth-order valence-electron chi connectivity index (χ4n) is 3.07. The first-order valence-electron chi connectivity index (χ1n) is 8.24. The van der Waals surface area contributed by atoms with Crippen molar-refractivity contribution in [3.63, 3.8) is 0 Å². The van der Waals surface area contributed by atoms with E-state index in [-0.39, 0.29) is 6.79 Å². The molecule has 26 heavy (non-hydrogen) atoms. The van der Waals surface area contributed by atoms with Gasteiger partial charge < -0.3 is 9.47 Å². The Morgan fingerprint density at radius 2 is 2.12 bits per heavy atom. The van der Waals surface area contributed by atoms with Crippen molar-refractivity contribution in [2.45, 2.75) is 31.4 Å². The average molecular weight is 388 g/mol. The Morgan fingerprint density at radius 3 is 2.96 bits per heavy atom. The molecule has 0 aliphatic carbocycles. The second kappa shape index (κ2) is 7.31. The van der Waals surface area contributed by atoms with Crippen molar-refractivity contribution in [2.24, 2.45) is 0 Å². The number of hydrogen-bond acceptors (Lipinski definition) is 5. The highest BCUT2D eigenvalue weighted by Gasteiger charge is 2.18. The summed E-state index contributed by atoms with van der Waals surface area (Å²) in [5.74, 6) is 1.55. The van der Waals surface area contributed by atoms with Gasteiger partial charge in [0.15, 0.2) is 11.9 Å². The monoisotopic (exact) mass is 387 g/mol. The van der Waals surface area contributed by atoms with Crippen molar-refractivity contribution in [3.8, 4) is 11.4 Å². The van der Waals surface area contributed by atoms with Crippen LogP contribution in [-0.4, -0.2) is 21.6 Å². The highest BCUT2D eigenvalue weighted by atomic mass is 35.5. The van der Waals surface area contributed by atoms with Gasteiger partial charge in [-0.05, 0) is 37.6 Å². The molecule has 5 nitrogen and oxygen atoms in total. The minimum atomic E-state index is 0.269. The minimum Gasteiger partial charge on any atom is -0.467 e. The number of ether oxygens (including phenoxy) is 2. The highest BCUT2D eigenvalue weighted by molar-refractivity contribution is 7.98. The van der Waals surface area contributed by atoms with E-state index in [4.69, 9.17) is 21.1 Å². The molecule has 1 aliphatic heterocycles. The van der Waals surface area contributed by atoms with Gasteiger partial charge in [0.2, 0.25) is 0 Å². The first-order chi connectivity index (χ1) is 12.6. The molecule has 0 fully saturated rings. The smallest absolute Gasteiger partial charge is 0.195 e. The fourth-order valence-corrected chi connectivity index (χ4v) is 4.22. The molecule has 2 heterocycles. The molecule has 0 saturated heterocycles. The first-order valence-corrected chi connectivity index (χ1v) is 9.60. The van der Waals surface area contributed by atoms with Crippen LogP contribution in [0.3, 0.4) is 0 Å². The number of hydrogen-bond donors (Lipinski definition) is 0. The average Bonchev–Trinajstić information content (AvgIpc) is 3.07. The molecule has 0 atom stereocenters. The van der Waals surface area contributed by atoms with Crippen LogP contribution in [0.4, 0.5) is 0 Å². The molecule has 0 bridgehead atoms. The largest absolute Gasteiger partial charge is 0.467 e. The zero-order valence-corrected chi connectivity index (χ0v) is 16.1. The van der Waals surface area contributed by atoms with Crippen LogP contribution >= 0.6 is 23.4 Å². The van der Waals surface area contributed by atoms with Gasteiger partial charge in [-0.2, -0.15) is 0 Å². The number of aryl methyl sites for hydroxylation is 2. The summed E-state index contributed by atoms with van der Waals surface area (Å²) >= 11 is 7.86. The molecule has 3 aromatic rings. The van der Waals surface area contributed by atoms with Crippen molar-refractivity contribution < 1.29 is 9.47 Å². The topological polar surface area (TPSA) is 49.2 Å². The molecular formula is C19H18ClN3O2S. The summed E-state index contributed by atoms with van der Waals surface area (Å²) < 4.78 is 13.0. The van der Waals surface area contributed by atoms with E-state index < -0.39 is 0 Å². The van der Waals surface area contributed by atoms with Gasteiger partial charge in [-0.1, -0.05) is 41.1 Å². The summed E-state index contributed by atoms with van der Waals surface area (Å²) in [6, 6.07) is 10.2. The SMILES string of the molecule is Cc1ccc(-n2cnnc2SCc2cc(Cl)cc3c2OCOC3)c(C)c1. The maximum Gasteiger partial charge on any atom is 0.195 e. The van der Waals surface area contributed by atoms with Gasteiger partial charge in [-0.3, -0.25) is 4.57 Å². The molecule has 134 valence electrons. The molecular weight excluding hydrogens is 370 g/mol. The van der Waals surface area contributed by atoms with Crippen LogP contribution in [0, 0.1) is 13.8 Å². The van der Waals surface area contributed by atoms with Crippen LogP contribution in [0.25, 0.3) is 5.69 Å². The molecule has 0 saturated carbocycles. The minimum absolute atomic E-state index is 0.269. The zero-order valence-electron chi connectivity index (χ0n) is 14.5. The summed E-state index contributed by atoms with van der Waals surface area (Å²) in [6.45, 7) is 4.97. The second-order valence-electron chi connectivity index (χ2n) is 6.23. The lowest BCUT2D eigenvalue weighted by Crippen LogP contribution is -2.13. The molecule has 2 aromatic carbocycles. The molecule has 7 heteroatoms. The van der Waals surface area contributed by atoms with E-state index in [1.807, 2.05) is 16.7 Å². The van der Waals surface area contributed by atoms with Gasteiger partial charge in [0.25, 0.3) is 0 Å². The Morgan fingerprint density at radius 1 is 1.23 bits per heavy atom. The first kappa shape index (κ1) is 17.4. The van der Waals surface area contributed by atoms with Crippen molar-refractivity contribution in [3.05, 3.63) is 63.9 Å². The number of thioether (sulfide) groups is 1. The molecule has 1 aromatic heterocycles. The Bertz CT molecular complexity index is 958. The van der Waals surface area contributed by atoms with Crippen molar-refractivity contribution in [1.29, 1.82) is 0 Å². The third kappa shape index (κ3) is 3.45. The summed E-state index contributed by atoms with van der Waals surface area (Å²) in [7, 11) is 0. The van der Waals surface area contributed by atoms with Crippen molar-refractivity contribution in [1.82, 2.24) is 14.8 Å². The molecule has 0 amide bonds. The highest BCUT2D eigenvalue weighted by Crippen LogP contribution is 2.35. The number of aromatic nitrogens is 3. The number of benzene rings is 2. The van der Waals surface area contributed by atoms with E-state index in [2.05, 4.69) is 42.2 Å². The number of nitrogens with zero attached hydrogens (tertiary/aromatic N) is 3. The lowest BCUT2D eigenvalue weighted by molar-refractivity contribution is -0.0168. The normalized spacial score (nSPS) is 13.3. The Kier molecular flexibility index (Phi) is 4.89. The van der Waals surface area contributed by atoms with Crippen LogP contribution in [0.15, 0.2) is 41.8 Å². The van der Waals surface area contributed by atoms with Crippen LogP contribution in [-0.2, 0) is 17.1 Å². The maximum atomic E-state index is 6.25. The predicted octanol–water partition coefficient (Wildman–Crippen LogP) is 4.70. The van der Waals surface area contributed by atoms with Crippen molar-refractivity contribution in [2.75, 3.05) is 6.79 Å². The molecule has 0 N–H and O–H groups in total. The van der Waals surface area contributed by atoms with Gasteiger partial charge in [-0.25, -0.2) is 0 Å². The summed E-state index contributed by atoms with van der Waals surface area (Å²) in [5.41, 5.74) is 5.53. The van der Waals surface area contributed by atoms with Gasteiger partial charge in [0.1, 0.15) is 12.1 Å². The molecule has 0 unspecified atom stereocenters. The van der Waals surface area contributed by atoms with Crippen LogP contribution in [0.1, 0.15) is 22.3 Å². The van der Waals surface area contributed by atoms with Gasteiger partial charge in [0.05, 0.1) is 12.3 Å². The van der Waals surface area contributed by atoms with Crippen LogP contribution in [0.2, 0.25) is 5.02 Å². The van der Waals surface area contributed by atoms with Crippen LogP contribution < -0.4 is 4.74 Å². The quantitative estimate of drug-likeness (QED) is 0.607. The van der Waals surface area contributed by atoms with E-state index in [0.717, 1.165) is 27.7 Å². The van der Waals surface area contributed by atoms with E-state index in [1.165, 1.54) is 11.1 Å². The lowest BCUT2D eigenvalue weighted by atomic mass is 10.1. The molecule has 4 rings (SSSR count). The Balaban J connectivity index is 1.61. The number of halogens is 1. The second-order valence-corrected chi connectivity index (χ2v) is 7.60. The summed E-state index contributed by atoms with van der Waals surface area (Å²) in [5, 5.41) is 9.89. The van der Waals surface area contributed by atoms with Gasteiger partial charge in [-0.15, -0.1) is 10.2 Å². The Labute approximate surface area is 161 Å². The Hall–Kier alpha value is -2.02. The molecule has 0 radical (unpaired) electrons. The van der Waals surface area contributed by atoms with Crippen LogP contribution in [0.5, 0.6) is 5.75 Å². The van der Waals surface area contributed by atoms with E-state index >= 15 is 0 Å². The van der Waals surface area contributed by atoms with Gasteiger partial charge in [0, 0.05) is 21.9 Å². The molecule has 0 spiro atoms. The summed E-state index contributed by atoms with van der Waals surface area (Å²) in [6.07, 6.45) is 1.75. The lowest BCUT2D eigenvalue weighted by Gasteiger charge is -2.21. The fraction of sp³-hybridized carbons (Fsp3) is 0.263. The number of fused-ring (bicyclic) bond motifs is 1. The third-order valence-electron chi connectivity index (χ3n) is 4.24. The molecule has 1 aliphatic rings.